The molecule has 0 aliphatic carbocycles. The number of aliphatic hydroxyl groups excluding tert-OH is 1. The van der Waals surface area contributed by atoms with E-state index in [2.05, 4.69) is 65.7 Å². The first-order chi connectivity index (χ1) is 12.3. The lowest BCUT2D eigenvalue weighted by atomic mass is 9.88. The van der Waals surface area contributed by atoms with Crippen molar-refractivity contribution >= 4 is 0 Å². The lowest BCUT2D eigenvalue weighted by molar-refractivity contribution is 0.105. The fourth-order valence-corrected chi connectivity index (χ4v) is 3.81. The first-order valence-electron chi connectivity index (χ1n) is 9.18. The molecule has 0 saturated carbocycles. The highest BCUT2D eigenvalue weighted by atomic mass is 16.9. The number of benzene rings is 2. The molecule has 2 saturated heterocycles. The molecule has 4 rings (SSSR count). The number of fused-ring (bicyclic) bond motifs is 1. The topological polar surface area (TPSA) is 35.8 Å². The van der Waals surface area contributed by atoms with Gasteiger partial charge in [-0.1, -0.05) is 66.7 Å². The highest BCUT2D eigenvalue weighted by Crippen LogP contribution is 2.49. The van der Waals surface area contributed by atoms with Crippen molar-refractivity contribution in [3.63, 3.8) is 0 Å². The Bertz CT molecular complexity index is 728. The van der Waals surface area contributed by atoms with Crippen LogP contribution in [0.3, 0.4) is 0 Å². The summed E-state index contributed by atoms with van der Waals surface area (Å²) >= 11 is 0. The molecule has 3 unspecified atom stereocenters. The summed E-state index contributed by atoms with van der Waals surface area (Å²) in [5.41, 5.74) is 3.56. The minimum atomic E-state index is -0.371. The molecule has 25 heavy (non-hydrogen) atoms. The predicted molar refractivity (Wildman–Crippen MR) is 98.8 cm³/mol. The Morgan fingerprint density at radius 2 is 1.76 bits per heavy atom. The average molecular weight is 335 g/mol. The highest BCUT2D eigenvalue weighted by Gasteiger charge is 2.60. The summed E-state index contributed by atoms with van der Waals surface area (Å²) in [5, 5.41) is 12.2. The molecule has 3 atom stereocenters. The number of hydrogen-bond donors (Lipinski definition) is 1. The molecule has 2 aliphatic rings. The van der Waals surface area contributed by atoms with Crippen LogP contribution in [0.15, 0.2) is 72.3 Å². The fraction of sp³-hybridized carbons (Fsp3) is 0.364. The summed E-state index contributed by atoms with van der Waals surface area (Å²) in [7, 11) is 0. The van der Waals surface area contributed by atoms with Gasteiger partial charge in [-0.2, -0.15) is 0 Å². The van der Waals surface area contributed by atoms with Crippen LogP contribution in [0, 0.1) is 0 Å². The third-order valence-electron chi connectivity index (χ3n) is 5.22. The quantitative estimate of drug-likeness (QED) is 0.643. The van der Waals surface area contributed by atoms with Crippen molar-refractivity contribution in [2.24, 2.45) is 0 Å². The normalized spacial score (nSPS) is 28.4. The van der Waals surface area contributed by atoms with E-state index in [1.165, 1.54) is 16.7 Å². The van der Waals surface area contributed by atoms with Gasteiger partial charge in [0.25, 0.3) is 0 Å². The van der Waals surface area contributed by atoms with E-state index >= 15 is 0 Å². The smallest absolute Gasteiger partial charge is 0.189 e. The second-order valence-electron chi connectivity index (χ2n) is 7.04. The number of nitrogens with zero attached hydrogens (tertiary/aromatic N) is 1. The second-order valence-corrected chi connectivity index (χ2v) is 7.04. The molecule has 1 N–H and O–H groups in total. The Hall–Kier alpha value is -1.94. The molecular formula is C22H25NO2. The van der Waals surface area contributed by atoms with Gasteiger partial charge in [-0.3, -0.25) is 4.84 Å². The van der Waals surface area contributed by atoms with E-state index < -0.39 is 0 Å². The summed E-state index contributed by atoms with van der Waals surface area (Å²) in [6, 6.07) is 21.1. The van der Waals surface area contributed by atoms with Crippen molar-refractivity contribution < 1.29 is 9.94 Å². The highest BCUT2D eigenvalue weighted by molar-refractivity contribution is 5.30. The van der Waals surface area contributed by atoms with Gasteiger partial charge in [0, 0.05) is 13.0 Å². The summed E-state index contributed by atoms with van der Waals surface area (Å²) < 4.78 is 0. The number of aliphatic hydroxyl groups is 1. The van der Waals surface area contributed by atoms with E-state index in [1.807, 2.05) is 6.07 Å². The largest absolute Gasteiger partial charge is 0.393 e. The van der Waals surface area contributed by atoms with E-state index in [4.69, 9.17) is 4.84 Å². The Morgan fingerprint density at radius 3 is 2.48 bits per heavy atom. The second kappa shape index (κ2) is 7.12. The van der Waals surface area contributed by atoms with Crippen molar-refractivity contribution in [1.29, 1.82) is 0 Å². The number of allylic oxidation sites excluding steroid dienone is 1. The van der Waals surface area contributed by atoms with Crippen molar-refractivity contribution in [3.05, 3.63) is 83.4 Å². The maximum absolute atomic E-state index is 10.2. The van der Waals surface area contributed by atoms with Crippen molar-refractivity contribution in [3.8, 4) is 0 Å². The molecule has 0 bridgehead atoms. The Morgan fingerprint density at radius 1 is 1.08 bits per heavy atom. The van der Waals surface area contributed by atoms with Crippen LogP contribution in [0.25, 0.3) is 0 Å². The molecule has 2 aromatic rings. The minimum Gasteiger partial charge on any atom is -0.393 e. The first kappa shape index (κ1) is 16.5. The molecule has 2 aliphatic heterocycles. The fourth-order valence-electron chi connectivity index (χ4n) is 3.81. The van der Waals surface area contributed by atoms with Crippen molar-refractivity contribution in [2.75, 3.05) is 6.54 Å². The van der Waals surface area contributed by atoms with Crippen molar-refractivity contribution in [2.45, 2.75) is 43.9 Å². The Balaban J connectivity index is 1.52. The summed E-state index contributed by atoms with van der Waals surface area (Å²) in [6.45, 7) is 0.811. The lowest BCUT2D eigenvalue weighted by Gasteiger charge is -2.24. The average Bonchev–Trinajstić information content (AvgIpc) is 3.37. The zero-order chi connectivity index (χ0) is 17.1. The van der Waals surface area contributed by atoms with Gasteiger partial charge in [-0.15, -0.1) is 5.06 Å². The third kappa shape index (κ3) is 3.69. The minimum absolute atomic E-state index is 0.271. The molecule has 2 aromatic carbocycles. The molecule has 3 heteroatoms. The Labute approximate surface area is 149 Å². The van der Waals surface area contributed by atoms with Gasteiger partial charge in [0.1, 0.15) is 0 Å². The van der Waals surface area contributed by atoms with Crippen LogP contribution < -0.4 is 0 Å². The van der Waals surface area contributed by atoms with Gasteiger partial charge in [-0.25, -0.2) is 0 Å². The molecule has 0 spiro atoms. The molecule has 3 nitrogen and oxygen atoms in total. The lowest BCUT2D eigenvalue weighted by Crippen LogP contribution is -2.35. The van der Waals surface area contributed by atoms with Gasteiger partial charge < -0.3 is 5.11 Å². The van der Waals surface area contributed by atoms with Crippen LogP contribution in [0.2, 0.25) is 0 Å². The molecule has 0 aromatic heterocycles. The van der Waals surface area contributed by atoms with E-state index in [-0.39, 0.29) is 11.8 Å². The molecular weight excluding hydrogens is 310 g/mol. The van der Waals surface area contributed by atoms with E-state index in [9.17, 15) is 5.11 Å². The molecule has 130 valence electrons. The third-order valence-corrected chi connectivity index (χ3v) is 5.22. The summed E-state index contributed by atoms with van der Waals surface area (Å²) in [4.78, 5) is 5.98. The summed E-state index contributed by atoms with van der Waals surface area (Å²) in [6.07, 6.45) is 6.42. The van der Waals surface area contributed by atoms with Gasteiger partial charge >= 0.3 is 0 Å². The van der Waals surface area contributed by atoms with Gasteiger partial charge in [-0.05, 0) is 42.4 Å². The maximum Gasteiger partial charge on any atom is 0.189 e. The van der Waals surface area contributed by atoms with Crippen LogP contribution >= 0.6 is 0 Å². The number of rotatable bonds is 6. The van der Waals surface area contributed by atoms with E-state index in [0.717, 1.165) is 32.2 Å². The zero-order valence-electron chi connectivity index (χ0n) is 14.5. The Kier molecular flexibility index (Phi) is 4.71. The number of hydrogen-bond acceptors (Lipinski definition) is 3. The van der Waals surface area contributed by atoms with Crippen LogP contribution in [0.4, 0.5) is 0 Å². The monoisotopic (exact) mass is 335 g/mol. The molecule has 0 radical (unpaired) electrons. The first-order valence-corrected chi connectivity index (χ1v) is 9.18. The van der Waals surface area contributed by atoms with Crippen LogP contribution in [0.1, 0.15) is 30.4 Å². The number of hydroxylamine groups is 2. The number of piperidine rings is 1. The predicted octanol–water partition coefficient (Wildman–Crippen LogP) is 3.89. The van der Waals surface area contributed by atoms with E-state index in [0.29, 0.717) is 6.42 Å². The van der Waals surface area contributed by atoms with Crippen molar-refractivity contribution in [1.82, 2.24) is 5.06 Å². The SMILES string of the molecule is OC1CCN2OC2(C(=CCCc2ccccc2)Cc2ccccc2)C1. The molecule has 0 amide bonds. The summed E-state index contributed by atoms with van der Waals surface area (Å²) in [5.74, 6) is 0. The standard InChI is InChI=1S/C22H25NO2/c24-21-14-15-23-22(17-21,25-23)20(16-19-10-5-2-6-11-19)13-7-12-18-8-3-1-4-9-18/h1-6,8-11,13,21,24H,7,12,14-17H2. The van der Waals surface area contributed by atoms with E-state index in [1.54, 1.807) is 0 Å². The molecule has 2 fully saturated rings. The van der Waals surface area contributed by atoms with Gasteiger partial charge in [0.05, 0.1) is 6.10 Å². The van der Waals surface area contributed by atoms with Crippen LogP contribution in [0.5, 0.6) is 0 Å². The molecule has 2 heterocycles. The van der Waals surface area contributed by atoms with Crippen LogP contribution in [-0.2, 0) is 17.7 Å². The maximum atomic E-state index is 10.2. The van der Waals surface area contributed by atoms with Crippen LogP contribution in [-0.4, -0.2) is 28.5 Å². The van der Waals surface area contributed by atoms with Gasteiger partial charge in [0.15, 0.2) is 5.72 Å². The van der Waals surface area contributed by atoms with Gasteiger partial charge in [0.2, 0.25) is 0 Å². The zero-order valence-corrected chi connectivity index (χ0v) is 14.5. The number of aryl methyl sites for hydroxylation is 1.